The summed E-state index contributed by atoms with van der Waals surface area (Å²) in [6.07, 6.45) is 3.61. The minimum absolute atomic E-state index is 0.111. The lowest BCUT2D eigenvalue weighted by Crippen LogP contribution is -2.49. The Labute approximate surface area is 135 Å². The average Bonchev–Trinajstić information content (AvgIpc) is 2.55. The van der Waals surface area contributed by atoms with E-state index in [9.17, 15) is 9.59 Å². The smallest absolute Gasteiger partial charge is 0.409 e. The second-order valence-corrected chi connectivity index (χ2v) is 5.94. The van der Waals surface area contributed by atoms with Crippen LogP contribution in [0, 0.1) is 6.92 Å². The summed E-state index contributed by atoms with van der Waals surface area (Å²) < 4.78 is 5.06. The number of carbonyl (C=O) groups is 2. The molecule has 2 aliphatic rings. The first-order valence-electron chi connectivity index (χ1n) is 8.15. The summed E-state index contributed by atoms with van der Waals surface area (Å²) in [7, 11) is 0. The lowest BCUT2D eigenvalue weighted by molar-refractivity contribution is 0.0954. The molecular formula is C16H22N4O3. The van der Waals surface area contributed by atoms with Crippen molar-refractivity contribution in [1.29, 1.82) is 0 Å². The van der Waals surface area contributed by atoms with Gasteiger partial charge in [0.2, 0.25) is 0 Å². The number of Topliss-reactive ketones (excluding diaryl/α,β-unsaturated/α-hetero) is 1. The Morgan fingerprint density at radius 3 is 2.78 bits per heavy atom. The number of aryl methyl sites for hydroxylation is 1. The van der Waals surface area contributed by atoms with E-state index in [1.807, 2.05) is 13.8 Å². The van der Waals surface area contributed by atoms with Crippen molar-refractivity contribution < 1.29 is 14.3 Å². The molecule has 0 N–H and O–H groups in total. The minimum atomic E-state index is -0.238. The van der Waals surface area contributed by atoms with Gasteiger partial charge in [-0.1, -0.05) is 0 Å². The molecule has 1 amide bonds. The van der Waals surface area contributed by atoms with Crippen molar-refractivity contribution in [3.05, 3.63) is 17.6 Å². The number of hydrogen-bond donors (Lipinski definition) is 0. The molecule has 0 unspecified atom stereocenters. The van der Waals surface area contributed by atoms with Gasteiger partial charge in [0.05, 0.1) is 12.2 Å². The molecule has 1 aromatic rings. The van der Waals surface area contributed by atoms with E-state index in [0.29, 0.717) is 50.1 Å². The van der Waals surface area contributed by atoms with Crippen LogP contribution in [0.3, 0.4) is 0 Å². The van der Waals surface area contributed by atoms with Crippen molar-refractivity contribution in [2.75, 3.05) is 31.1 Å². The standard InChI is InChI=1S/C16H22N4O3/c1-3-23-16(22)19-7-4-12(5-8-19)20-9-6-14(21)13-10-17-11(2)18-15(13)20/h10,12H,3-9H2,1-2H3. The van der Waals surface area contributed by atoms with Crippen LogP contribution in [0.1, 0.15) is 42.4 Å². The summed E-state index contributed by atoms with van der Waals surface area (Å²) >= 11 is 0. The molecule has 0 bridgehead atoms. The number of amides is 1. The van der Waals surface area contributed by atoms with Gasteiger partial charge in [-0.2, -0.15) is 0 Å². The van der Waals surface area contributed by atoms with Crippen molar-refractivity contribution in [3.63, 3.8) is 0 Å². The maximum Gasteiger partial charge on any atom is 0.409 e. The van der Waals surface area contributed by atoms with E-state index in [-0.39, 0.29) is 11.9 Å². The zero-order chi connectivity index (χ0) is 16.4. The van der Waals surface area contributed by atoms with E-state index in [1.54, 1.807) is 11.1 Å². The van der Waals surface area contributed by atoms with Crippen molar-refractivity contribution in [3.8, 4) is 0 Å². The number of likely N-dealkylation sites (tertiary alicyclic amines) is 1. The molecule has 7 nitrogen and oxygen atoms in total. The first-order chi connectivity index (χ1) is 11.1. The van der Waals surface area contributed by atoms with Crippen molar-refractivity contribution >= 4 is 17.7 Å². The number of hydrogen-bond acceptors (Lipinski definition) is 6. The SMILES string of the molecule is CCOC(=O)N1CCC(N2CCC(=O)c3cnc(C)nc32)CC1. The van der Waals surface area contributed by atoms with Crippen molar-refractivity contribution in [2.24, 2.45) is 0 Å². The lowest BCUT2D eigenvalue weighted by atomic mass is 9.98. The summed E-state index contributed by atoms with van der Waals surface area (Å²) in [5.41, 5.74) is 0.620. The van der Waals surface area contributed by atoms with Crippen LogP contribution in [0.25, 0.3) is 0 Å². The number of ketones is 1. The van der Waals surface area contributed by atoms with E-state index >= 15 is 0 Å². The fourth-order valence-electron chi connectivity index (χ4n) is 3.27. The number of fused-ring (bicyclic) bond motifs is 1. The number of anilines is 1. The minimum Gasteiger partial charge on any atom is -0.450 e. The van der Waals surface area contributed by atoms with Gasteiger partial charge in [0.25, 0.3) is 0 Å². The molecule has 0 aromatic carbocycles. The fraction of sp³-hybridized carbons (Fsp3) is 0.625. The Balaban J connectivity index is 1.72. The van der Waals surface area contributed by atoms with Crippen LogP contribution in [0.2, 0.25) is 0 Å². The predicted molar refractivity (Wildman–Crippen MR) is 84.7 cm³/mol. The van der Waals surface area contributed by atoms with Crippen molar-refractivity contribution in [1.82, 2.24) is 14.9 Å². The highest BCUT2D eigenvalue weighted by atomic mass is 16.6. The molecule has 0 aliphatic carbocycles. The highest BCUT2D eigenvalue weighted by molar-refractivity contribution is 6.02. The molecule has 7 heteroatoms. The normalized spacial score (nSPS) is 18.8. The Morgan fingerprint density at radius 1 is 1.35 bits per heavy atom. The van der Waals surface area contributed by atoms with E-state index < -0.39 is 0 Å². The lowest BCUT2D eigenvalue weighted by Gasteiger charge is -2.40. The third-order valence-electron chi connectivity index (χ3n) is 4.47. The summed E-state index contributed by atoms with van der Waals surface area (Å²) in [5, 5.41) is 0. The summed E-state index contributed by atoms with van der Waals surface area (Å²) in [6.45, 7) is 6.08. The predicted octanol–water partition coefficient (Wildman–Crippen LogP) is 1.80. The van der Waals surface area contributed by atoms with Crippen LogP contribution in [-0.4, -0.2) is 59.0 Å². The molecule has 0 atom stereocenters. The van der Waals surface area contributed by atoms with Gasteiger partial charge in [-0.05, 0) is 26.7 Å². The number of nitrogens with zero attached hydrogens (tertiary/aromatic N) is 4. The Bertz CT molecular complexity index is 611. The topological polar surface area (TPSA) is 75.6 Å². The molecule has 1 saturated heterocycles. The van der Waals surface area contributed by atoms with Crippen LogP contribution in [0.5, 0.6) is 0 Å². The number of ether oxygens (including phenoxy) is 1. The molecule has 0 radical (unpaired) electrons. The van der Waals surface area contributed by atoms with E-state index in [2.05, 4.69) is 14.9 Å². The molecule has 124 valence electrons. The van der Waals surface area contributed by atoms with Gasteiger partial charge < -0.3 is 14.5 Å². The van der Waals surface area contributed by atoms with Gasteiger partial charge in [0.1, 0.15) is 11.6 Å². The second kappa shape index (κ2) is 6.52. The summed E-state index contributed by atoms with van der Waals surface area (Å²) in [5.74, 6) is 1.54. The van der Waals surface area contributed by atoms with Gasteiger partial charge in [-0.3, -0.25) is 4.79 Å². The van der Waals surface area contributed by atoms with Crippen LogP contribution in [0.4, 0.5) is 10.6 Å². The van der Waals surface area contributed by atoms with Crippen molar-refractivity contribution in [2.45, 2.75) is 39.2 Å². The largest absolute Gasteiger partial charge is 0.450 e. The second-order valence-electron chi connectivity index (χ2n) is 5.94. The first kappa shape index (κ1) is 15.7. The monoisotopic (exact) mass is 318 g/mol. The average molecular weight is 318 g/mol. The van der Waals surface area contributed by atoms with Gasteiger partial charge in [-0.15, -0.1) is 0 Å². The number of rotatable bonds is 2. The first-order valence-corrected chi connectivity index (χ1v) is 8.15. The van der Waals surface area contributed by atoms with Gasteiger partial charge in [-0.25, -0.2) is 14.8 Å². The molecule has 0 spiro atoms. The Kier molecular flexibility index (Phi) is 4.45. The molecule has 1 aromatic heterocycles. The number of carbonyl (C=O) groups excluding carboxylic acids is 2. The summed E-state index contributed by atoms with van der Waals surface area (Å²) in [4.78, 5) is 36.5. The third-order valence-corrected chi connectivity index (χ3v) is 4.47. The highest BCUT2D eigenvalue weighted by Crippen LogP contribution is 2.29. The van der Waals surface area contributed by atoms with Gasteiger partial charge >= 0.3 is 6.09 Å². The molecule has 3 heterocycles. The van der Waals surface area contributed by atoms with Gasteiger partial charge in [0, 0.05) is 38.3 Å². The van der Waals surface area contributed by atoms with Crippen LogP contribution in [-0.2, 0) is 4.74 Å². The third kappa shape index (κ3) is 3.13. The van der Waals surface area contributed by atoms with Crippen LogP contribution >= 0.6 is 0 Å². The maximum absolute atomic E-state index is 12.1. The zero-order valence-electron chi connectivity index (χ0n) is 13.6. The number of piperidine rings is 1. The molecule has 23 heavy (non-hydrogen) atoms. The maximum atomic E-state index is 12.1. The fourth-order valence-corrected chi connectivity index (χ4v) is 3.27. The molecular weight excluding hydrogens is 296 g/mol. The van der Waals surface area contributed by atoms with E-state index in [1.165, 1.54) is 0 Å². The Hall–Kier alpha value is -2.18. The van der Waals surface area contributed by atoms with E-state index in [0.717, 1.165) is 18.7 Å². The van der Waals surface area contributed by atoms with Crippen LogP contribution < -0.4 is 4.90 Å². The Morgan fingerprint density at radius 2 is 2.09 bits per heavy atom. The molecule has 3 rings (SSSR count). The molecule has 2 aliphatic heterocycles. The quantitative estimate of drug-likeness (QED) is 0.827. The number of aromatic nitrogens is 2. The zero-order valence-corrected chi connectivity index (χ0v) is 13.6. The molecule has 1 fully saturated rings. The molecule has 0 saturated carbocycles. The van der Waals surface area contributed by atoms with E-state index in [4.69, 9.17) is 4.74 Å². The van der Waals surface area contributed by atoms with Crippen LogP contribution in [0.15, 0.2) is 6.20 Å². The summed E-state index contributed by atoms with van der Waals surface area (Å²) in [6, 6.07) is 0.293. The highest BCUT2D eigenvalue weighted by Gasteiger charge is 2.33. The van der Waals surface area contributed by atoms with Gasteiger partial charge in [0.15, 0.2) is 5.78 Å².